The number of para-hydroxylation sites is 1. The van der Waals surface area contributed by atoms with Crippen molar-refractivity contribution in [3.05, 3.63) is 108 Å². The second kappa shape index (κ2) is 9.42. The van der Waals surface area contributed by atoms with Crippen LogP contribution in [0.25, 0.3) is 10.9 Å². The molecule has 0 fully saturated rings. The Morgan fingerprint density at radius 2 is 1.47 bits per heavy atom. The maximum Gasteiger partial charge on any atom is 0.303 e. The Morgan fingerprint density at radius 1 is 0.833 bits per heavy atom. The first-order chi connectivity index (χ1) is 17.5. The largest absolute Gasteiger partial charge is 0.455 e. The van der Waals surface area contributed by atoms with Gasteiger partial charge in [0.25, 0.3) is 17.7 Å². The van der Waals surface area contributed by atoms with Crippen LogP contribution in [0.5, 0.6) is 0 Å². The van der Waals surface area contributed by atoms with Gasteiger partial charge < -0.3 is 10.1 Å². The van der Waals surface area contributed by atoms with E-state index in [0.29, 0.717) is 16.8 Å². The first-order valence-corrected chi connectivity index (χ1v) is 11.3. The molecular formula is C28H21N3O5. The molecule has 178 valence electrons. The first kappa shape index (κ1) is 22.9. The van der Waals surface area contributed by atoms with E-state index in [1.54, 1.807) is 66.9 Å². The van der Waals surface area contributed by atoms with E-state index in [1.807, 2.05) is 12.1 Å². The molecule has 1 aliphatic heterocycles. The van der Waals surface area contributed by atoms with E-state index in [-0.39, 0.29) is 11.1 Å². The molecule has 0 bridgehead atoms. The number of pyridine rings is 1. The Labute approximate surface area is 206 Å². The number of anilines is 1. The average Bonchev–Trinajstić information content (AvgIpc) is 3.14. The number of rotatable bonds is 6. The minimum atomic E-state index is -1.48. The average molecular weight is 479 g/mol. The van der Waals surface area contributed by atoms with Crippen LogP contribution in [-0.4, -0.2) is 39.6 Å². The molecular weight excluding hydrogens is 458 g/mol. The highest BCUT2D eigenvalue weighted by molar-refractivity contribution is 6.23. The third-order valence-electron chi connectivity index (χ3n) is 5.97. The fourth-order valence-electron chi connectivity index (χ4n) is 4.40. The number of fused-ring (bicyclic) bond motifs is 2. The zero-order valence-electron chi connectivity index (χ0n) is 19.3. The zero-order valence-corrected chi connectivity index (χ0v) is 19.3. The molecule has 0 aliphatic carbocycles. The van der Waals surface area contributed by atoms with Gasteiger partial charge in [0.05, 0.1) is 22.3 Å². The molecule has 0 saturated carbocycles. The lowest BCUT2D eigenvalue weighted by Gasteiger charge is -2.32. The number of imide groups is 1. The fourth-order valence-corrected chi connectivity index (χ4v) is 4.40. The zero-order chi connectivity index (χ0) is 25.2. The molecule has 0 unspecified atom stereocenters. The second-order valence-electron chi connectivity index (χ2n) is 8.28. The number of hydrogen-bond acceptors (Lipinski definition) is 6. The molecule has 0 saturated heterocycles. The van der Waals surface area contributed by atoms with Gasteiger partial charge in [-0.05, 0) is 29.8 Å². The third kappa shape index (κ3) is 4.09. The van der Waals surface area contributed by atoms with Gasteiger partial charge in [-0.2, -0.15) is 0 Å². The smallest absolute Gasteiger partial charge is 0.303 e. The van der Waals surface area contributed by atoms with E-state index in [9.17, 15) is 19.2 Å². The Hall–Kier alpha value is -4.85. The highest BCUT2D eigenvalue weighted by Crippen LogP contribution is 2.33. The molecule has 36 heavy (non-hydrogen) atoms. The number of carbonyl (C=O) groups is 4. The molecule has 8 heteroatoms. The molecule has 1 aromatic heterocycles. The number of aromatic nitrogens is 1. The Bertz CT molecular complexity index is 1460. The number of carbonyl (C=O) groups excluding carboxylic acids is 4. The van der Waals surface area contributed by atoms with E-state index in [2.05, 4.69) is 10.3 Å². The van der Waals surface area contributed by atoms with Crippen LogP contribution in [-0.2, 0) is 14.3 Å². The van der Waals surface area contributed by atoms with Crippen LogP contribution in [0, 0.1) is 0 Å². The number of hydrogen-bond donors (Lipinski definition) is 1. The van der Waals surface area contributed by atoms with Crippen LogP contribution in [0.15, 0.2) is 91.1 Å². The van der Waals surface area contributed by atoms with Crippen molar-refractivity contribution in [3.8, 4) is 0 Å². The van der Waals surface area contributed by atoms with Crippen LogP contribution in [0.1, 0.15) is 39.3 Å². The van der Waals surface area contributed by atoms with Crippen molar-refractivity contribution in [1.82, 2.24) is 9.88 Å². The second-order valence-corrected chi connectivity index (χ2v) is 8.28. The molecule has 4 aromatic rings. The molecule has 2 heterocycles. The minimum absolute atomic E-state index is 0.182. The molecule has 0 spiro atoms. The van der Waals surface area contributed by atoms with Crippen molar-refractivity contribution in [1.29, 1.82) is 0 Å². The van der Waals surface area contributed by atoms with Crippen LogP contribution in [0.4, 0.5) is 5.69 Å². The molecule has 8 nitrogen and oxygen atoms in total. The van der Waals surface area contributed by atoms with E-state index in [0.717, 1.165) is 10.3 Å². The number of esters is 1. The van der Waals surface area contributed by atoms with Crippen molar-refractivity contribution in [2.24, 2.45) is 0 Å². The molecule has 0 radical (unpaired) electrons. The van der Waals surface area contributed by atoms with E-state index in [4.69, 9.17) is 4.74 Å². The van der Waals surface area contributed by atoms with Gasteiger partial charge in [-0.1, -0.05) is 60.7 Å². The maximum absolute atomic E-state index is 13.9. The summed E-state index contributed by atoms with van der Waals surface area (Å²) in [5.41, 5.74) is 1.76. The standard InChI is InChI=1S/C28H21N3O5/c1-17(32)36-25(19-9-3-2-4-10-19)24(31-27(34)20-13-5-6-14-21(20)28(31)35)26(33)30-22-15-7-11-18-12-8-16-29-23(18)22/h2-16,24-25H,1H3,(H,30,33)/t24-,25+/m0/s1. The van der Waals surface area contributed by atoms with E-state index >= 15 is 0 Å². The Morgan fingerprint density at radius 3 is 2.14 bits per heavy atom. The van der Waals surface area contributed by atoms with E-state index < -0.39 is 35.8 Å². The summed E-state index contributed by atoms with van der Waals surface area (Å²) >= 11 is 0. The predicted octanol–water partition coefficient (Wildman–Crippen LogP) is 4.14. The van der Waals surface area contributed by atoms with Crippen molar-refractivity contribution in [2.45, 2.75) is 19.1 Å². The number of nitrogens with one attached hydrogen (secondary N) is 1. The van der Waals surface area contributed by atoms with Gasteiger partial charge in [-0.25, -0.2) is 0 Å². The lowest BCUT2D eigenvalue weighted by molar-refractivity contribution is -0.151. The van der Waals surface area contributed by atoms with Gasteiger partial charge in [0.1, 0.15) is 0 Å². The number of nitrogens with zero attached hydrogens (tertiary/aromatic N) is 2. The number of benzene rings is 3. The van der Waals surface area contributed by atoms with Gasteiger partial charge in [0.15, 0.2) is 12.1 Å². The molecule has 3 aromatic carbocycles. The van der Waals surface area contributed by atoms with Crippen molar-refractivity contribution >= 4 is 40.3 Å². The highest BCUT2D eigenvalue weighted by Gasteiger charge is 2.48. The quantitative estimate of drug-likeness (QED) is 0.329. The minimum Gasteiger partial charge on any atom is -0.455 e. The Kier molecular flexibility index (Phi) is 6.00. The van der Waals surface area contributed by atoms with Gasteiger partial charge in [-0.15, -0.1) is 0 Å². The molecule has 5 rings (SSSR count). The van der Waals surface area contributed by atoms with Crippen molar-refractivity contribution in [2.75, 3.05) is 5.32 Å². The van der Waals surface area contributed by atoms with Gasteiger partial charge >= 0.3 is 5.97 Å². The summed E-state index contributed by atoms with van der Waals surface area (Å²) in [6, 6.07) is 22.3. The summed E-state index contributed by atoms with van der Waals surface area (Å²) in [4.78, 5) is 58.1. The number of amides is 3. The summed E-state index contributed by atoms with van der Waals surface area (Å²) in [7, 11) is 0. The van der Waals surface area contributed by atoms with Gasteiger partial charge in [-0.3, -0.25) is 29.1 Å². The predicted molar refractivity (Wildman–Crippen MR) is 132 cm³/mol. The molecule has 1 aliphatic rings. The summed E-state index contributed by atoms with van der Waals surface area (Å²) in [5, 5.41) is 3.61. The topological polar surface area (TPSA) is 106 Å². The van der Waals surface area contributed by atoms with Crippen LogP contribution in [0.2, 0.25) is 0 Å². The summed E-state index contributed by atoms with van der Waals surface area (Å²) in [6.07, 6.45) is 0.361. The molecule has 1 N–H and O–H groups in total. The fraction of sp³-hybridized carbons (Fsp3) is 0.107. The normalized spacial score (nSPS) is 14.3. The maximum atomic E-state index is 13.9. The van der Waals surface area contributed by atoms with Crippen LogP contribution < -0.4 is 5.32 Å². The van der Waals surface area contributed by atoms with Gasteiger partial charge in [0, 0.05) is 18.5 Å². The number of ether oxygens (including phenoxy) is 1. The van der Waals surface area contributed by atoms with Crippen LogP contribution >= 0.6 is 0 Å². The lowest BCUT2D eigenvalue weighted by atomic mass is 9.99. The van der Waals surface area contributed by atoms with Crippen molar-refractivity contribution < 1.29 is 23.9 Å². The SMILES string of the molecule is CC(=O)O[C@H](c1ccccc1)[C@@H](C(=O)Nc1cccc2cccnc12)N1C(=O)c2ccccc2C1=O. The monoisotopic (exact) mass is 479 g/mol. The first-order valence-electron chi connectivity index (χ1n) is 11.3. The molecule has 2 atom stereocenters. The summed E-state index contributed by atoms with van der Waals surface area (Å²) in [6.45, 7) is 1.21. The van der Waals surface area contributed by atoms with Crippen molar-refractivity contribution in [3.63, 3.8) is 0 Å². The highest BCUT2D eigenvalue weighted by atomic mass is 16.5. The molecule has 3 amide bonds. The Balaban J connectivity index is 1.62. The van der Waals surface area contributed by atoms with E-state index in [1.165, 1.54) is 19.1 Å². The summed E-state index contributed by atoms with van der Waals surface area (Å²) < 4.78 is 5.59. The van der Waals surface area contributed by atoms with Crippen LogP contribution in [0.3, 0.4) is 0 Å². The lowest BCUT2D eigenvalue weighted by Crippen LogP contribution is -2.51. The van der Waals surface area contributed by atoms with Gasteiger partial charge in [0.2, 0.25) is 0 Å². The summed E-state index contributed by atoms with van der Waals surface area (Å²) in [5.74, 6) is -2.64. The third-order valence-corrected chi connectivity index (χ3v) is 5.97.